The Morgan fingerprint density at radius 1 is 1.50 bits per heavy atom. The quantitative estimate of drug-likeness (QED) is 0.433. The van der Waals surface area contributed by atoms with Crippen LogP contribution in [-0.2, 0) is 15.7 Å². The number of rotatable bonds is 0. The number of hydrogen-bond acceptors (Lipinski definition) is 0. The molecule has 0 saturated carbocycles. The van der Waals surface area contributed by atoms with E-state index in [0.29, 0.717) is 4.85 Å². The van der Waals surface area contributed by atoms with Crippen LogP contribution in [0.2, 0.25) is 4.85 Å². The van der Waals surface area contributed by atoms with Gasteiger partial charge < -0.3 is 0 Å². The van der Waals surface area contributed by atoms with Crippen LogP contribution in [0.25, 0.3) is 0 Å². The van der Waals surface area contributed by atoms with Crippen molar-refractivity contribution in [3.8, 4) is 0 Å². The summed E-state index contributed by atoms with van der Waals surface area (Å²) in [6.45, 7) is 4.06. The van der Waals surface area contributed by atoms with E-state index >= 15 is 0 Å². The Labute approximate surface area is 35.2 Å². The van der Waals surface area contributed by atoms with Gasteiger partial charge >= 0.3 is 34.4 Å². The Bertz CT molecular complexity index is 8.00. The molecule has 0 amide bonds. The fraction of sp³-hybridized carbons (Fsp3) is 1.00. The van der Waals surface area contributed by atoms with Crippen LogP contribution in [-0.4, -0.2) is 0 Å². The van der Waals surface area contributed by atoms with E-state index in [1.165, 1.54) is 0 Å². The molecule has 0 aromatic carbocycles. The maximum absolute atomic E-state index is 4.01. The molecule has 0 fully saturated rings. The van der Waals surface area contributed by atoms with Crippen LogP contribution in [0.15, 0.2) is 0 Å². The van der Waals surface area contributed by atoms with Gasteiger partial charge in [0.25, 0.3) is 0 Å². The molecule has 0 saturated heterocycles. The molecule has 0 aromatic heterocycles. The molecule has 0 aliphatic carbocycles. The van der Waals surface area contributed by atoms with Crippen LogP contribution in [0.5, 0.6) is 0 Å². The molecule has 0 spiro atoms. The van der Waals surface area contributed by atoms with Gasteiger partial charge in [0.2, 0.25) is 0 Å². The van der Waals surface area contributed by atoms with Crippen molar-refractivity contribution < 1.29 is 15.7 Å². The van der Waals surface area contributed by atoms with Crippen molar-refractivity contribution in [3.63, 3.8) is 0 Å². The second kappa shape index (κ2) is 1.79. The van der Waals surface area contributed by atoms with E-state index in [-0.39, 0.29) is 0 Å². The Hall–Kier alpha value is 0.506. The summed E-state index contributed by atoms with van der Waals surface area (Å²) in [5.74, 6) is 0. The molecule has 0 nitrogen and oxygen atoms in total. The Morgan fingerprint density at radius 2 is 1.50 bits per heavy atom. The summed E-state index contributed by atoms with van der Waals surface area (Å²) in [5.41, 5.74) is 0. The predicted octanol–water partition coefficient (Wildman–Crippen LogP) is 1.36. The Balaban J connectivity index is 2.32. The molecular formula is C3H7Co+. The zero-order valence-electron chi connectivity index (χ0n) is 2.91. The minimum atomic E-state index is 0.521. The zero-order valence-corrected chi connectivity index (χ0v) is 3.95. The van der Waals surface area contributed by atoms with E-state index in [1.54, 1.807) is 0 Å². The second-order valence-corrected chi connectivity index (χ2v) is 2.16. The summed E-state index contributed by atoms with van der Waals surface area (Å²) in [7, 11) is 0. The van der Waals surface area contributed by atoms with Crippen LogP contribution in [0.4, 0.5) is 0 Å². The van der Waals surface area contributed by atoms with Crippen molar-refractivity contribution in [2.24, 2.45) is 0 Å². The molecule has 0 atom stereocenters. The van der Waals surface area contributed by atoms with Gasteiger partial charge in [0.05, 0.1) is 0 Å². The van der Waals surface area contributed by atoms with Crippen LogP contribution in [0.3, 0.4) is 0 Å². The van der Waals surface area contributed by atoms with Gasteiger partial charge in [-0.15, -0.1) is 0 Å². The zero-order chi connectivity index (χ0) is 3.58. The Kier molecular flexibility index (Phi) is 2.02. The first kappa shape index (κ1) is 4.51. The molecule has 0 bridgehead atoms. The first-order chi connectivity index (χ1) is 1.73. The molecule has 0 rings (SSSR count). The van der Waals surface area contributed by atoms with Gasteiger partial charge in [-0.05, 0) is 0 Å². The summed E-state index contributed by atoms with van der Waals surface area (Å²) in [6, 6.07) is 0. The van der Waals surface area contributed by atoms with Gasteiger partial charge in [-0.25, -0.2) is 0 Å². The molecule has 0 aromatic rings. The average molecular weight is 102 g/mol. The van der Waals surface area contributed by atoms with E-state index in [2.05, 4.69) is 15.7 Å². The molecule has 4 heavy (non-hydrogen) atoms. The van der Waals surface area contributed by atoms with Gasteiger partial charge in [0.15, 0.2) is 0 Å². The molecule has 27 valence electrons. The number of hydrogen-bond donors (Lipinski definition) is 0. The first-order valence-corrected chi connectivity index (χ1v) is 1.95. The van der Waals surface area contributed by atoms with Crippen LogP contribution in [0.1, 0.15) is 13.8 Å². The van der Waals surface area contributed by atoms with E-state index in [0.717, 1.165) is 0 Å². The molecule has 0 N–H and O–H groups in total. The topological polar surface area (TPSA) is 0 Å². The monoisotopic (exact) mass is 102 g/mol. The minimum absolute atomic E-state index is 0.521. The van der Waals surface area contributed by atoms with E-state index in [9.17, 15) is 0 Å². The second-order valence-electron chi connectivity index (χ2n) is 0.962. The molecule has 0 aliphatic rings. The van der Waals surface area contributed by atoms with Gasteiger partial charge in [0.1, 0.15) is 0 Å². The molecule has 0 aliphatic heterocycles. The van der Waals surface area contributed by atoms with Crippen molar-refractivity contribution in [1.82, 2.24) is 0 Å². The summed E-state index contributed by atoms with van der Waals surface area (Å²) < 4.78 is 0. The van der Waals surface area contributed by atoms with Crippen molar-refractivity contribution in [2.75, 3.05) is 0 Å². The molecule has 0 heterocycles. The Morgan fingerprint density at radius 3 is 1.50 bits per heavy atom. The van der Waals surface area contributed by atoms with Gasteiger partial charge in [-0.3, -0.25) is 0 Å². The van der Waals surface area contributed by atoms with E-state index in [4.69, 9.17) is 0 Å². The van der Waals surface area contributed by atoms with Gasteiger partial charge in [0, 0.05) is 0 Å². The van der Waals surface area contributed by atoms with Crippen molar-refractivity contribution in [3.05, 3.63) is 0 Å². The summed E-state index contributed by atoms with van der Waals surface area (Å²) in [6.07, 6.45) is 0. The third-order valence-corrected chi connectivity index (χ3v) is 0. The fourth-order valence-electron chi connectivity index (χ4n) is 0. The third kappa shape index (κ3) is 22.2. The third-order valence-electron chi connectivity index (χ3n) is 0. The standard InChI is InChI=1S/C3H7.Co/c1-3-2;/h3H,1-2H3;/q;+1. The SMILES string of the molecule is C[CH](C)[Co+]. The molecule has 1 heteroatoms. The normalized spacial score (nSPS) is 9.00. The predicted molar refractivity (Wildman–Crippen MR) is 15.1 cm³/mol. The van der Waals surface area contributed by atoms with Crippen LogP contribution < -0.4 is 0 Å². The van der Waals surface area contributed by atoms with Gasteiger partial charge in [-0.2, -0.15) is 0 Å². The van der Waals surface area contributed by atoms with Crippen LogP contribution >= 0.6 is 0 Å². The molecule has 0 radical (unpaired) electrons. The first-order valence-electron chi connectivity index (χ1n) is 1.35. The van der Waals surface area contributed by atoms with Crippen LogP contribution in [0, 0.1) is 0 Å². The van der Waals surface area contributed by atoms with Crippen molar-refractivity contribution in [2.45, 2.75) is 18.7 Å². The molecular weight excluding hydrogens is 95.0 g/mol. The maximum atomic E-state index is 4.01. The van der Waals surface area contributed by atoms with E-state index < -0.39 is 0 Å². The summed E-state index contributed by atoms with van der Waals surface area (Å²) in [5, 5.41) is 0. The average Bonchev–Trinajstić information content (AvgIpc) is 0.811. The molecule has 0 unspecified atom stereocenters. The van der Waals surface area contributed by atoms with E-state index in [1.807, 2.05) is 13.8 Å². The fourth-order valence-corrected chi connectivity index (χ4v) is 0. The summed E-state index contributed by atoms with van der Waals surface area (Å²) >= 11 is 4.01. The van der Waals surface area contributed by atoms with Crippen molar-refractivity contribution in [1.29, 1.82) is 0 Å². The summed E-state index contributed by atoms with van der Waals surface area (Å²) in [4.78, 5) is 0.521. The van der Waals surface area contributed by atoms with Gasteiger partial charge in [-0.1, -0.05) is 0 Å². The van der Waals surface area contributed by atoms with Crippen molar-refractivity contribution >= 4 is 0 Å².